The number of sulfonamides is 1. The molecule has 10 heteroatoms. The van der Waals surface area contributed by atoms with Gasteiger partial charge in [0.2, 0.25) is 21.8 Å². The molecule has 0 saturated carbocycles. The first kappa shape index (κ1) is 26.6. The molecule has 0 unspecified atom stereocenters. The molecule has 0 bridgehead atoms. The van der Waals surface area contributed by atoms with Gasteiger partial charge in [0, 0.05) is 18.1 Å². The van der Waals surface area contributed by atoms with Crippen LogP contribution in [-0.4, -0.2) is 50.5 Å². The highest BCUT2D eigenvalue weighted by Crippen LogP contribution is 2.25. The fourth-order valence-electron chi connectivity index (χ4n) is 3.12. The second-order valence-electron chi connectivity index (χ2n) is 7.82. The highest BCUT2D eigenvalue weighted by atomic mass is 35.5. The number of halogens is 2. The van der Waals surface area contributed by atoms with E-state index in [1.54, 1.807) is 26.0 Å². The quantitative estimate of drug-likeness (QED) is 0.544. The molecule has 33 heavy (non-hydrogen) atoms. The largest absolute Gasteiger partial charge is 0.354 e. The first-order chi connectivity index (χ1) is 15.4. The summed E-state index contributed by atoms with van der Waals surface area (Å²) in [4.78, 5) is 27.2. The Hall–Kier alpha value is -2.65. The lowest BCUT2D eigenvalue weighted by Gasteiger charge is -2.31. The summed E-state index contributed by atoms with van der Waals surface area (Å²) in [5, 5.41) is 3.11. The Labute approximate surface area is 199 Å². The molecule has 2 rings (SSSR count). The number of rotatable bonds is 10. The molecule has 0 aromatic heterocycles. The molecule has 7 nitrogen and oxygen atoms in total. The lowest BCUT2D eigenvalue weighted by molar-refractivity contribution is -0.139. The van der Waals surface area contributed by atoms with Crippen LogP contribution in [0.15, 0.2) is 42.5 Å². The summed E-state index contributed by atoms with van der Waals surface area (Å²) in [7, 11) is -3.84. The highest BCUT2D eigenvalue weighted by Gasteiger charge is 2.30. The normalized spacial score (nSPS) is 12.2. The molecule has 0 aliphatic carbocycles. The number of aryl methyl sites for hydroxylation is 1. The first-order valence-corrected chi connectivity index (χ1v) is 12.7. The van der Waals surface area contributed by atoms with Gasteiger partial charge >= 0.3 is 0 Å². The molecule has 2 aromatic carbocycles. The predicted octanol–water partition coefficient (Wildman–Crippen LogP) is 3.50. The van der Waals surface area contributed by atoms with Gasteiger partial charge in [-0.2, -0.15) is 0 Å². The summed E-state index contributed by atoms with van der Waals surface area (Å²) >= 11 is 6.17. The Morgan fingerprint density at radius 2 is 1.79 bits per heavy atom. The van der Waals surface area contributed by atoms with Crippen molar-refractivity contribution in [3.8, 4) is 0 Å². The van der Waals surface area contributed by atoms with Gasteiger partial charge < -0.3 is 10.2 Å². The average Bonchev–Trinajstić information content (AvgIpc) is 2.76. The molecule has 0 aliphatic rings. The summed E-state index contributed by atoms with van der Waals surface area (Å²) in [6.07, 6.45) is 1.72. The van der Waals surface area contributed by atoms with Crippen molar-refractivity contribution in [3.63, 3.8) is 0 Å². The van der Waals surface area contributed by atoms with E-state index in [-0.39, 0.29) is 18.1 Å². The van der Waals surface area contributed by atoms with Crippen LogP contribution in [0.5, 0.6) is 0 Å². The van der Waals surface area contributed by atoms with E-state index in [2.05, 4.69) is 5.32 Å². The number of anilines is 1. The lowest BCUT2D eigenvalue weighted by Crippen LogP contribution is -2.51. The molecular formula is C23H29ClFN3O4S. The van der Waals surface area contributed by atoms with E-state index < -0.39 is 34.3 Å². The molecule has 0 heterocycles. The number of amides is 2. The van der Waals surface area contributed by atoms with Gasteiger partial charge in [-0.3, -0.25) is 13.9 Å². The number of nitrogens with one attached hydrogen (secondary N) is 1. The Bertz CT molecular complexity index is 1090. The molecular weight excluding hydrogens is 469 g/mol. The molecule has 0 saturated heterocycles. The molecule has 0 fully saturated rings. The van der Waals surface area contributed by atoms with Crippen LogP contribution in [0.1, 0.15) is 31.4 Å². The van der Waals surface area contributed by atoms with Crippen molar-refractivity contribution in [3.05, 3.63) is 64.4 Å². The Morgan fingerprint density at radius 1 is 1.15 bits per heavy atom. The molecule has 0 radical (unpaired) electrons. The van der Waals surface area contributed by atoms with Crippen molar-refractivity contribution < 1.29 is 22.4 Å². The van der Waals surface area contributed by atoms with E-state index in [0.29, 0.717) is 17.1 Å². The van der Waals surface area contributed by atoms with Crippen LogP contribution in [0.4, 0.5) is 10.1 Å². The average molecular weight is 498 g/mol. The number of benzene rings is 2. The highest BCUT2D eigenvalue weighted by molar-refractivity contribution is 7.92. The van der Waals surface area contributed by atoms with E-state index in [9.17, 15) is 22.4 Å². The van der Waals surface area contributed by atoms with Gasteiger partial charge in [0.15, 0.2) is 0 Å². The maximum absolute atomic E-state index is 13.3. The third-order valence-electron chi connectivity index (χ3n) is 5.11. The maximum atomic E-state index is 13.3. The molecule has 1 N–H and O–H groups in total. The fraction of sp³-hybridized carbons (Fsp3) is 0.391. The van der Waals surface area contributed by atoms with Crippen LogP contribution in [0, 0.1) is 12.7 Å². The third kappa shape index (κ3) is 7.43. The Balaban J connectivity index is 2.38. The summed E-state index contributed by atoms with van der Waals surface area (Å²) < 4.78 is 39.3. The van der Waals surface area contributed by atoms with Crippen molar-refractivity contribution >= 4 is 39.1 Å². The molecule has 2 amide bonds. The lowest BCUT2D eigenvalue weighted by atomic mass is 10.1. The Morgan fingerprint density at radius 3 is 2.33 bits per heavy atom. The van der Waals surface area contributed by atoms with Crippen LogP contribution < -0.4 is 9.62 Å². The smallest absolute Gasteiger partial charge is 0.244 e. The topological polar surface area (TPSA) is 86.8 Å². The van der Waals surface area contributed by atoms with E-state index in [1.807, 2.05) is 6.92 Å². The van der Waals surface area contributed by atoms with Crippen molar-refractivity contribution in [2.45, 2.75) is 39.8 Å². The maximum Gasteiger partial charge on any atom is 0.244 e. The molecule has 1 atom stereocenters. The molecule has 180 valence electrons. The van der Waals surface area contributed by atoms with Gasteiger partial charge in [0.05, 0.1) is 11.9 Å². The first-order valence-electron chi connectivity index (χ1n) is 10.5. The van der Waals surface area contributed by atoms with Crippen LogP contribution in [0.3, 0.4) is 0 Å². The van der Waals surface area contributed by atoms with Crippen LogP contribution in [-0.2, 0) is 26.2 Å². The van der Waals surface area contributed by atoms with Gasteiger partial charge in [-0.1, -0.05) is 36.7 Å². The Kier molecular flexibility index (Phi) is 9.25. The van der Waals surface area contributed by atoms with E-state index >= 15 is 0 Å². The number of nitrogens with zero attached hydrogens (tertiary/aromatic N) is 2. The van der Waals surface area contributed by atoms with E-state index in [4.69, 9.17) is 11.6 Å². The van der Waals surface area contributed by atoms with Crippen molar-refractivity contribution in [2.75, 3.05) is 23.7 Å². The summed E-state index contributed by atoms with van der Waals surface area (Å²) in [5.41, 5.74) is 1.61. The SMILES string of the molecule is CCCNC(=O)[C@@H](C)N(Cc1ccc(F)cc1)C(=O)CN(c1ccc(C)c(Cl)c1)S(C)(=O)=O. The second kappa shape index (κ2) is 11.5. The molecule has 0 aliphatic heterocycles. The number of carbonyl (C=O) groups is 2. The van der Waals surface area contributed by atoms with Crippen LogP contribution >= 0.6 is 11.6 Å². The second-order valence-corrected chi connectivity index (χ2v) is 10.1. The van der Waals surface area contributed by atoms with Crippen molar-refractivity contribution in [1.82, 2.24) is 10.2 Å². The number of hydrogen-bond acceptors (Lipinski definition) is 4. The zero-order chi connectivity index (χ0) is 24.8. The molecule has 2 aromatic rings. The summed E-state index contributed by atoms with van der Waals surface area (Å²) in [6, 6.07) is 9.38. The number of hydrogen-bond donors (Lipinski definition) is 1. The van der Waals surface area contributed by atoms with Crippen molar-refractivity contribution in [1.29, 1.82) is 0 Å². The minimum Gasteiger partial charge on any atom is -0.354 e. The van der Waals surface area contributed by atoms with E-state index in [1.165, 1.54) is 35.2 Å². The third-order valence-corrected chi connectivity index (χ3v) is 6.65. The minimum atomic E-state index is -3.84. The molecule has 0 spiro atoms. The monoisotopic (exact) mass is 497 g/mol. The van der Waals surface area contributed by atoms with E-state index in [0.717, 1.165) is 22.5 Å². The zero-order valence-corrected chi connectivity index (χ0v) is 20.7. The van der Waals surface area contributed by atoms with Crippen LogP contribution in [0.2, 0.25) is 5.02 Å². The van der Waals surface area contributed by atoms with Gasteiger partial charge in [-0.25, -0.2) is 12.8 Å². The zero-order valence-electron chi connectivity index (χ0n) is 19.1. The summed E-state index contributed by atoms with van der Waals surface area (Å²) in [6.45, 7) is 5.18. The minimum absolute atomic E-state index is 0.00603. The van der Waals surface area contributed by atoms with Gasteiger partial charge in [0.1, 0.15) is 18.4 Å². The van der Waals surface area contributed by atoms with Gasteiger partial charge in [-0.05, 0) is 55.7 Å². The fourth-order valence-corrected chi connectivity index (χ4v) is 4.13. The summed E-state index contributed by atoms with van der Waals surface area (Å²) in [5.74, 6) is -1.37. The van der Waals surface area contributed by atoms with Crippen molar-refractivity contribution in [2.24, 2.45) is 0 Å². The predicted molar refractivity (Wildman–Crippen MR) is 128 cm³/mol. The van der Waals surface area contributed by atoms with Gasteiger partial charge in [-0.15, -0.1) is 0 Å². The van der Waals surface area contributed by atoms with Gasteiger partial charge in [0.25, 0.3) is 0 Å². The standard InChI is InChI=1S/C23H29ClFN3O4S/c1-5-12-26-23(30)17(3)27(14-18-7-9-19(25)10-8-18)22(29)15-28(33(4,31)32)20-11-6-16(2)21(24)13-20/h6-11,13,17H,5,12,14-15H2,1-4H3,(H,26,30)/t17-/m1/s1. The van der Waals surface area contributed by atoms with Crippen LogP contribution in [0.25, 0.3) is 0 Å². The number of carbonyl (C=O) groups excluding carboxylic acids is 2.